The molecule has 0 saturated heterocycles. The summed E-state index contributed by atoms with van der Waals surface area (Å²) in [7, 11) is -16.8. The minimum atomic E-state index is -3.36. The lowest BCUT2D eigenvalue weighted by atomic mass is 10.4. The van der Waals surface area contributed by atoms with Crippen LogP contribution in [0.2, 0.25) is 39.3 Å². The average Bonchev–Trinajstić information content (AvgIpc) is 3.19. The molecule has 6 rings (SSSR count). The number of rotatable bonds is 16. The van der Waals surface area contributed by atoms with Crippen LogP contribution >= 0.6 is 0 Å². The van der Waals surface area contributed by atoms with Crippen LogP contribution in [-0.4, -0.2) is 52.3 Å². The van der Waals surface area contributed by atoms with Gasteiger partial charge in [-0.15, -0.1) is 0 Å². The Morgan fingerprint density at radius 3 is 0.774 bits per heavy atom. The summed E-state index contributed by atoms with van der Waals surface area (Å²) in [5, 5.41) is 6.68. The van der Waals surface area contributed by atoms with Crippen molar-refractivity contribution in [2.24, 2.45) is 0 Å². The third kappa shape index (κ3) is 9.57. The Hall–Kier alpha value is -3.58. The van der Waals surface area contributed by atoms with E-state index in [-0.39, 0.29) is 0 Å². The highest BCUT2D eigenvalue weighted by Crippen LogP contribution is 2.27. The second-order valence-electron chi connectivity index (χ2n) is 13.9. The molecule has 6 aromatic carbocycles. The Labute approximate surface area is 323 Å². The van der Waals surface area contributed by atoms with Crippen LogP contribution in [0.1, 0.15) is 0 Å². The Kier molecular flexibility index (Phi) is 12.7. The monoisotopic (exact) mass is 802 g/mol. The minimum absolute atomic E-state index is 1.03. The lowest BCUT2D eigenvalue weighted by molar-refractivity contribution is 0.300. The van der Waals surface area contributed by atoms with Crippen LogP contribution in [0.5, 0.6) is 0 Å². The molecule has 0 fully saturated rings. The summed E-state index contributed by atoms with van der Waals surface area (Å²) in [6.07, 6.45) is 0. The largest absolute Gasteiger partial charge is 0.432 e. The molecule has 0 heterocycles. The van der Waals surface area contributed by atoms with Crippen molar-refractivity contribution in [2.75, 3.05) is 0 Å². The van der Waals surface area contributed by atoms with E-state index in [0.717, 1.165) is 20.7 Å². The smallest absolute Gasteiger partial charge is 0.352 e. The Morgan fingerprint density at radius 1 is 0.302 bits per heavy atom. The first kappa shape index (κ1) is 39.1. The van der Waals surface area contributed by atoms with Crippen molar-refractivity contribution in [1.29, 1.82) is 0 Å². The van der Waals surface area contributed by atoms with E-state index in [2.05, 4.69) is 197 Å². The maximum Gasteiger partial charge on any atom is 0.352 e. The van der Waals surface area contributed by atoms with E-state index in [1.807, 2.05) is 24.3 Å². The van der Waals surface area contributed by atoms with Gasteiger partial charge in [0, 0.05) is 0 Å². The van der Waals surface area contributed by atoms with Crippen LogP contribution in [0.15, 0.2) is 182 Å². The lowest BCUT2D eigenvalue weighted by Gasteiger charge is -2.45. The van der Waals surface area contributed by atoms with Crippen molar-refractivity contribution < 1.29 is 20.6 Å². The fourth-order valence-corrected chi connectivity index (χ4v) is 33.3. The van der Waals surface area contributed by atoms with Crippen LogP contribution < -0.4 is 31.1 Å². The van der Waals surface area contributed by atoms with Gasteiger partial charge in [-0.25, -0.2) is 0 Å². The second-order valence-corrected chi connectivity index (χ2v) is 32.0. The molecule has 0 radical (unpaired) electrons. The maximum atomic E-state index is 7.78. The Morgan fingerprint density at radius 2 is 0.509 bits per heavy atom. The molecule has 6 atom stereocenters. The highest BCUT2D eigenvalue weighted by atomic mass is 28.5. The highest BCUT2D eigenvalue weighted by molar-refractivity contribution is 7.02. The third-order valence-electron chi connectivity index (χ3n) is 9.70. The second kappa shape index (κ2) is 17.3. The summed E-state index contributed by atoms with van der Waals surface area (Å²) in [5.41, 5.74) is 0. The van der Waals surface area contributed by atoms with E-state index in [1.165, 1.54) is 10.4 Å². The van der Waals surface area contributed by atoms with Crippen LogP contribution in [0.25, 0.3) is 0 Å². The van der Waals surface area contributed by atoms with E-state index in [9.17, 15) is 0 Å². The van der Waals surface area contributed by atoms with Gasteiger partial charge in [0.15, 0.2) is 18.1 Å². The Bertz CT molecular complexity index is 1860. The van der Waals surface area contributed by atoms with Gasteiger partial charge in [-0.05, 0) is 70.4 Å². The van der Waals surface area contributed by atoms with Crippen molar-refractivity contribution in [3.63, 3.8) is 0 Å². The lowest BCUT2D eigenvalue weighted by Crippen LogP contribution is -2.72. The zero-order chi connectivity index (χ0) is 37.4. The van der Waals surface area contributed by atoms with Crippen molar-refractivity contribution >= 4 is 83.4 Å². The summed E-state index contributed by atoms with van der Waals surface area (Å²) in [6, 6.07) is 63.0. The normalized spacial score (nSPS) is 17.3. The van der Waals surface area contributed by atoms with Crippen molar-refractivity contribution in [3.8, 4) is 0 Å². The van der Waals surface area contributed by atoms with Crippen LogP contribution in [-0.2, 0) is 20.6 Å². The molecule has 0 aliphatic rings. The molecule has 5 nitrogen and oxygen atoms in total. The molecule has 0 amide bonds. The molecular formula is C42H50O5Si6. The minimum Gasteiger partial charge on any atom is -0.432 e. The summed E-state index contributed by atoms with van der Waals surface area (Å²) in [6.45, 7) is 13.2. The van der Waals surface area contributed by atoms with E-state index in [4.69, 9.17) is 20.6 Å². The maximum absolute atomic E-state index is 7.78. The molecule has 0 N–H and O–H groups in total. The molecule has 53 heavy (non-hydrogen) atoms. The topological polar surface area (TPSA) is 46.2 Å². The van der Waals surface area contributed by atoms with E-state index in [1.54, 1.807) is 0 Å². The van der Waals surface area contributed by atoms with Gasteiger partial charge in [-0.2, -0.15) is 0 Å². The molecule has 0 spiro atoms. The van der Waals surface area contributed by atoms with Gasteiger partial charge >= 0.3 is 34.2 Å². The van der Waals surface area contributed by atoms with Gasteiger partial charge in [0.25, 0.3) is 0 Å². The first-order valence-electron chi connectivity index (χ1n) is 18.3. The number of hydrogen-bond acceptors (Lipinski definition) is 5. The van der Waals surface area contributed by atoms with Crippen molar-refractivity contribution in [1.82, 2.24) is 0 Å². The quantitative estimate of drug-likeness (QED) is 0.121. The molecule has 11 heteroatoms. The van der Waals surface area contributed by atoms with Crippen LogP contribution in [0.3, 0.4) is 0 Å². The standard InChI is InChI=1S/C42H50O5Si6/c1-48(37-25-13-7-14-26-37)43-50(3,39-29-17-9-18-30-39)45-52(5,41-33-21-11-22-34-41)47-53(6,42-35-23-12-24-36-42)46-51(4,40-31-19-10-20-32-40)44-49(2)38-27-15-8-16-28-38/h7-36,48-49H,1-6H3. The molecule has 0 aromatic heterocycles. The first-order chi connectivity index (χ1) is 25.5. The van der Waals surface area contributed by atoms with Crippen molar-refractivity contribution in [2.45, 2.75) is 39.3 Å². The predicted molar refractivity (Wildman–Crippen MR) is 234 cm³/mol. The third-order valence-corrected chi connectivity index (χ3v) is 33.7. The van der Waals surface area contributed by atoms with Gasteiger partial charge in [-0.3, -0.25) is 0 Å². The molecular weight excluding hydrogens is 753 g/mol. The fourth-order valence-electron chi connectivity index (χ4n) is 6.92. The van der Waals surface area contributed by atoms with Gasteiger partial charge in [-0.1, -0.05) is 182 Å². The average molecular weight is 803 g/mol. The summed E-state index contributed by atoms with van der Waals surface area (Å²) in [5.74, 6) is 0. The molecule has 0 aliphatic carbocycles. The zero-order valence-corrected chi connectivity index (χ0v) is 37.8. The summed E-state index contributed by atoms with van der Waals surface area (Å²) in [4.78, 5) is 0. The van der Waals surface area contributed by atoms with Crippen molar-refractivity contribution in [3.05, 3.63) is 182 Å². The first-order valence-corrected chi connectivity index (χ1v) is 32.0. The van der Waals surface area contributed by atoms with Crippen LogP contribution in [0.4, 0.5) is 0 Å². The van der Waals surface area contributed by atoms with Crippen LogP contribution in [0, 0.1) is 0 Å². The molecule has 6 aromatic rings. The number of benzene rings is 6. The SMILES string of the molecule is C[SiH](O[Si](C)(O[Si](C)(O[Si](C)(O[Si](C)(O[SiH](C)c1ccccc1)c1ccccc1)c1ccccc1)c1ccccc1)c1ccccc1)c1ccccc1. The Balaban J connectivity index is 1.46. The van der Waals surface area contributed by atoms with Gasteiger partial charge in [0.2, 0.25) is 0 Å². The van der Waals surface area contributed by atoms with E-state index < -0.39 is 52.3 Å². The van der Waals surface area contributed by atoms with Gasteiger partial charge in [0.05, 0.1) is 0 Å². The molecule has 272 valence electrons. The summed E-state index contributed by atoms with van der Waals surface area (Å²) < 4.78 is 37.7. The molecule has 0 aliphatic heterocycles. The van der Waals surface area contributed by atoms with E-state index >= 15 is 0 Å². The van der Waals surface area contributed by atoms with Gasteiger partial charge < -0.3 is 20.6 Å². The fraction of sp³-hybridized carbons (Fsp3) is 0.143. The zero-order valence-electron chi connectivity index (χ0n) is 31.5. The molecule has 6 unspecified atom stereocenters. The molecule has 0 saturated carbocycles. The predicted octanol–water partition coefficient (Wildman–Crippen LogP) is 5.51. The van der Waals surface area contributed by atoms with Gasteiger partial charge in [0.1, 0.15) is 0 Å². The number of hydrogen-bond donors (Lipinski definition) is 0. The summed E-state index contributed by atoms with van der Waals surface area (Å²) >= 11 is 0. The van der Waals surface area contributed by atoms with E-state index in [0.29, 0.717) is 0 Å². The highest BCUT2D eigenvalue weighted by Gasteiger charge is 2.55. The molecule has 0 bridgehead atoms.